The molecule has 0 bridgehead atoms. The van der Waals surface area contributed by atoms with Crippen molar-refractivity contribution >= 4 is 30.1 Å². The molecule has 3 rings (SSSR count). The van der Waals surface area contributed by atoms with E-state index in [9.17, 15) is 19.7 Å². The Morgan fingerprint density at radius 1 is 1.30 bits per heavy atom. The van der Waals surface area contributed by atoms with Crippen molar-refractivity contribution in [3.63, 3.8) is 0 Å². The summed E-state index contributed by atoms with van der Waals surface area (Å²) in [5, 5.41) is 11.0. The molecule has 0 unspecified atom stereocenters. The van der Waals surface area contributed by atoms with Crippen molar-refractivity contribution in [1.29, 1.82) is 0 Å². The van der Waals surface area contributed by atoms with E-state index >= 15 is 0 Å². The summed E-state index contributed by atoms with van der Waals surface area (Å²) in [4.78, 5) is 36.1. The number of nitro benzene ring substituents is 1. The molecular formula is C13H12N2O4S. The Morgan fingerprint density at radius 2 is 2.00 bits per heavy atom. The molecule has 1 saturated carbocycles. The second kappa shape index (κ2) is 4.31. The Labute approximate surface area is 120 Å². The third kappa shape index (κ3) is 1.81. The molecule has 7 heteroatoms. The quantitative estimate of drug-likeness (QED) is 0.398. The fourth-order valence-corrected chi connectivity index (χ4v) is 2.91. The van der Waals surface area contributed by atoms with Crippen LogP contribution in [0.25, 0.3) is 0 Å². The van der Waals surface area contributed by atoms with Gasteiger partial charge in [-0.05, 0) is 30.1 Å². The highest BCUT2D eigenvalue weighted by molar-refractivity contribution is 7.80. The lowest BCUT2D eigenvalue weighted by Gasteiger charge is -2.20. The van der Waals surface area contributed by atoms with Crippen LogP contribution in [0, 0.1) is 15.5 Å². The number of imide groups is 1. The molecule has 0 aromatic heterocycles. The number of nitrogens with zero attached hydrogens (tertiary/aromatic N) is 2. The van der Waals surface area contributed by atoms with Crippen LogP contribution in [-0.4, -0.2) is 33.9 Å². The van der Waals surface area contributed by atoms with Gasteiger partial charge in [0.25, 0.3) is 17.5 Å². The fraction of sp³-hybridized carbons (Fsp3) is 0.385. The summed E-state index contributed by atoms with van der Waals surface area (Å²) in [7, 11) is 0. The van der Waals surface area contributed by atoms with E-state index in [0.29, 0.717) is 12.3 Å². The zero-order chi connectivity index (χ0) is 14.5. The first-order chi connectivity index (χ1) is 9.49. The van der Waals surface area contributed by atoms with Gasteiger partial charge in [-0.3, -0.25) is 24.6 Å². The lowest BCUT2D eigenvalue weighted by Crippen LogP contribution is -2.36. The zero-order valence-electron chi connectivity index (χ0n) is 10.5. The number of carbonyl (C=O) groups is 2. The number of carbonyl (C=O) groups excluding carboxylic acids is 2. The number of amides is 2. The van der Waals surface area contributed by atoms with E-state index in [1.165, 1.54) is 18.2 Å². The van der Waals surface area contributed by atoms with E-state index in [4.69, 9.17) is 0 Å². The number of benzene rings is 1. The van der Waals surface area contributed by atoms with Crippen LogP contribution in [0.4, 0.5) is 5.69 Å². The summed E-state index contributed by atoms with van der Waals surface area (Å²) in [5.41, 5.74) is -0.374. The van der Waals surface area contributed by atoms with Gasteiger partial charge in [0, 0.05) is 12.6 Å². The molecule has 0 saturated heterocycles. The Balaban J connectivity index is 2.00. The van der Waals surface area contributed by atoms with Gasteiger partial charge in [0.05, 0.1) is 10.5 Å². The van der Waals surface area contributed by atoms with E-state index in [1.807, 2.05) is 0 Å². The van der Waals surface area contributed by atoms with Crippen molar-refractivity contribution in [2.45, 2.75) is 12.8 Å². The van der Waals surface area contributed by atoms with Gasteiger partial charge in [0.1, 0.15) is 5.56 Å². The van der Waals surface area contributed by atoms with Crippen molar-refractivity contribution in [3.05, 3.63) is 39.4 Å². The number of nitro groups is 1. The Bertz CT molecular complexity index is 639. The monoisotopic (exact) mass is 292 g/mol. The van der Waals surface area contributed by atoms with E-state index < -0.39 is 16.7 Å². The standard InChI is InChI=1S/C13H12N2O4S/c16-11-8-2-1-3-9(15(18)19)10(8)12(17)14(11)6-13(7-20)4-5-13/h1-3,20H,4-7H2. The first kappa shape index (κ1) is 13.1. The molecule has 1 aliphatic carbocycles. The normalized spacial score (nSPS) is 19.1. The minimum Gasteiger partial charge on any atom is -0.274 e. The highest BCUT2D eigenvalue weighted by Gasteiger charge is 2.49. The van der Waals surface area contributed by atoms with Gasteiger partial charge in [0.2, 0.25) is 0 Å². The van der Waals surface area contributed by atoms with E-state index in [1.54, 1.807) is 0 Å². The molecule has 0 radical (unpaired) electrons. The first-order valence-corrected chi connectivity index (χ1v) is 6.87. The van der Waals surface area contributed by atoms with Crippen LogP contribution >= 0.6 is 12.6 Å². The molecule has 1 heterocycles. The topological polar surface area (TPSA) is 80.5 Å². The largest absolute Gasteiger partial charge is 0.282 e. The van der Waals surface area contributed by atoms with Gasteiger partial charge in [0.15, 0.2) is 0 Å². The summed E-state index contributed by atoms with van der Waals surface area (Å²) < 4.78 is 0. The van der Waals surface area contributed by atoms with Crippen molar-refractivity contribution in [1.82, 2.24) is 4.90 Å². The molecular weight excluding hydrogens is 280 g/mol. The third-order valence-electron chi connectivity index (χ3n) is 3.96. The van der Waals surface area contributed by atoms with Crippen LogP contribution in [0.3, 0.4) is 0 Å². The highest BCUT2D eigenvalue weighted by atomic mass is 32.1. The number of hydrogen-bond acceptors (Lipinski definition) is 5. The maximum absolute atomic E-state index is 12.3. The average Bonchev–Trinajstić information content (AvgIpc) is 3.18. The summed E-state index contributed by atoms with van der Waals surface area (Å²) in [6.45, 7) is 0.292. The maximum atomic E-state index is 12.3. The SMILES string of the molecule is O=C1c2cccc([N+](=O)[O-])c2C(=O)N1CC1(CS)CC1. The van der Waals surface area contributed by atoms with Crippen LogP contribution in [0.15, 0.2) is 18.2 Å². The Hall–Kier alpha value is -1.89. The molecule has 20 heavy (non-hydrogen) atoms. The third-order valence-corrected chi connectivity index (χ3v) is 4.63. The fourth-order valence-electron chi connectivity index (χ4n) is 2.49. The number of thiol groups is 1. The summed E-state index contributed by atoms with van der Waals surface area (Å²) in [5.74, 6) is -0.408. The average molecular weight is 292 g/mol. The first-order valence-electron chi connectivity index (χ1n) is 6.23. The lowest BCUT2D eigenvalue weighted by molar-refractivity contribution is -0.385. The molecule has 6 nitrogen and oxygen atoms in total. The van der Waals surface area contributed by atoms with Gasteiger partial charge in [-0.25, -0.2) is 0 Å². The predicted octanol–water partition coefficient (Wildman–Crippen LogP) is 1.90. The van der Waals surface area contributed by atoms with Crippen molar-refractivity contribution in [2.75, 3.05) is 12.3 Å². The molecule has 2 amide bonds. The predicted molar refractivity (Wildman–Crippen MR) is 74.0 cm³/mol. The minimum absolute atomic E-state index is 0.0857. The van der Waals surface area contributed by atoms with E-state index in [0.717, 1.165) is 17.7 Å². The molecule has 1 aromatic carbocycles. The van der Waals surface area contributed by atoms with E-state index in [2.05, 4.69) is 12.6 Å². The summed E-state index contributed by atoms with van der Waals surface area (Å²) in [6.07, 6.45) is 1.85. The van der Waals surface area contributed by atoms with Crippen molar-refractivity contribution < 1.29 is 14.5 Å². The van der Waals surface area contributed by atoms with Crippen LogP contribution in [0.2, 0.25) is 0 Å². The van der Waals surface area contributed by atoms with Crippen LogP contribution < -0.4 is 0 Å². The van der Waals surface area contributed by atoms with Gasteiger partial charge in [-0.2, -0.15) is 12.6 Å². The molecule has 1 aromatic rings. The number of rotatable bonds is 4. The molecule has 0 N–H and O–H groups in total. The molecule has 0 spiro atoms. The highest BCUT2D eigenvalue weighted by Crippen LogP contribution is 2.48. The molecule has 0 atom stereocenters. The summed E-state index contributed by atoms with van der Waals surface area (Å²) >= 11 is 4.25. The number of fused-ring (bicyclic) bond motifs is 1. The second-order valence-electron chi connectivity index (χ2n) is 5.31. The zero-order valence-corrected chi connectivity index (χ0v) is 11.4. The van der Waals surface area contributed by atoms with Crippen molar-refractivity contribution in [3.8, 4) is 0 Å². The summed E-state index contributed by atoms with van der Waals surface area (Å²) in [6, 6.07) is 4.14. The van der Waals surface area contributed by atoms with E-state index in [-0.39, 0.29) is 22.2 Å². The minimum atomic E-state index is -0.626. The van der Waals surface area contributed by atoms with Gasteiger partial charge in [-0.1, -0.05) is 6.07 Å². The van der Waals surface area contributed by atoms with Crippen LogP contribution in [0.5, 0.6) is 0 Å². The van der Waals surface area contributed by atoms with Gasteiger partial charge < -0.3 is 0 Å². The molecule has 2 aliphatic rings. The maximum Gasteiger partial charge on any atom is 0.282 e. The van der Waals surface area contributed by atoms with Crippen LogP contribution in [-0.2, 0) is 0 Å². The Morgan fingerprint density at radius 3 is 2.55 bits per heavy atom. The van der Waals surface area contributed by atoms with Crippen LogP contribution in [0.1, 0.15) is 33.6 Å². The Kier molecular flexibility index (Phi) is 2.82. The van der Waals surface area contributed by atoms with Gasteiger partial charge in [-0.15, -0.1) is 0 Å². The molecule has 104 valence electrons. The van der Waals surface area contributed by atoms with Gasteiger partial charge >= 0.3 is 0 Å². The van der Waals surface area contributed by atoms with Crippen molar-refractivity contribution in [2.24, 2.45) is 5.41 Å². The molecule has 1 aliphatic heterocycles. The molecule has 1 fully saturated rings. The lowest BCUT2D eigenvalue weighted by atomic mass is 10.1. The smallest absolute Gasteiger partial charge is 0.274 e. The number of hydrogen-bond donors (Lipinski definition) is 1. The second-order valence-corrected chi connectivity index (χ2v) is 5.63.